The van der Waals surface area contributed by atoms with Crippen LogP contribution < -0.4 is 10.5 Å². The van der Waals surface area contributed by atoms with Crippen LogP contribution in [-0.4, -0.2) is 44.7 Å². The molecule has 2 aromatic rings. The number of hydrogen-bond donors (Lipinski definition) is 1. The van der Waals surface area contributed by atoms with Gasteiger partial charge in [-0.1, -0.05) is 36.7 Å². The zero-order valence-electron chi connectivity index (χ0n) is 18.1. The maximum atomic E-state index is 12.1. The molecule has 3 rings (SSSR count). The van der Waals surface area contributed by atoms with Crippen LogP contribution in [0.3, 0.4) is 0 Å². The topological polar surface area (TPSA) is 72.6 Å². The minimum atomic E-state index is -3.21. The highest BCUT2D eigenvalue weighted by molar-refractivity contribution is 7.89. The number of benzene rings is 2. The summed E-state index contributed by atoms with van der Waals surface area (Å²) in [6, 6.07) is 14.2. The lowest BCUT2D eigenvalue weighted by atomic mass is 9.76. The highest BCUT2D eigenvalue weighted by Gasteiger charge is 2.27. The molecule has 0 aliphatic heterocycles. The lowest BCUT2D eigenvalue weighted by molar-refractivity contribution is 0.286. The molecule has 0 saturated carbocycles. The number of halogens is 2. The number of hydrogen-bond acceptors (Lipinski definition) is 4. The first-order valence-electron chi connectivity index (χ1n) is 10.5. The van der Waals surface area contributed by atoms with Crippen LogP contribution in [0.25, 0.3) is 0 Å². The van der Waals surface area contributed by atoms with Crippen molar-refractivity contribution in [3.8, 4) is 5.75 Å². The highest BCUT2D eigenvalue weighted by Crippen LogP contribution is 2.36. The van der Waals surface area contributed by atoms with Gasteiger partial charge in [0.25, 0.3) is 0 Å². The lowest BCUT2D eigenvalue weighted by Gasteiger charge is -2.32. The number of sulfonamides is 1. The molecule has 2 atom stereocenters. The predicted octanol–water partition coefficient (Wildman–Crippen LogP) is 4.41. The van der Waals surface area contributed by atoms with Crippen molar-refractivity contribution < 1.29 is 13.2 Å². The Morgan fingerprint density at radius 2 is 1.90 bits per heavy atom. The number of ether oxygens (including phenoxy) is 1. The van der Waals surface area contributed by atoms with Crippen LogP contribution in [0.5, 0.6) is 5.75 Å². The fraction of sp³-hybridized carbons (Fsp3) is 0.478. The fourth-order valence-corrected chi connectivity index (χ4v) is 5.28. The summed E-state index contributed by atoms with van der Waals surface area (Å²) in [6.45, 7) is 2.50. The molecule has 31 heavy (non-hydrogen) atoms. The van der Waals surface area contributed by atoms with E-state index < -0.39 is 10.0 Å². The van der Waals surface area contributed by atoms with Crippen LogP contribution in [0.15, 0.2) is 42.5 Å². The first-order chi connectivity index (χ1) is 14.3. The molecule has 172 valence electrons. The van der Waals surface area contributed by atoms with E-state index >= 15 is 0 Å². The maximum Gasteiger partial charge on any atom is 0.213 e. The third kappa shape index (κ3) is 6.83. The monoisotopic (exact) mass is 486 g/mol. The van der Waals surface area contributed by atoms with Gasteiger partial charge in [0, 0.05) is 30.6 Å². The number of nitrogens with two attached hydrogens (primary N) is 1. The molecule has 0 radical (unpaired) electrons. The van der Waals surface area contributed by atoms with Crippen molar-refractivity contribution in [1.82, 2.24) is 4.31 Å². The van der Waals surface area contributed by atoms with Gasteiger partial charge >= 0.3 is 0 Å². The summed E-state index contributed by atoms with van der Waals surface area (Å²) in [5.74, 6) is 1.13. The van der Waals surface area contributed by atoms with Crippen LogP contribution in [0.4, 0.5) is 0 Å². The lowest BCUT2D eigenvalue weighted by Crippen LogP contribution is -2.34. The maximum absolute atomic E-state index is 12.1. The molecule has 2 aromatic carbocycles. The number of rotatable bonds is 9. The van der Waals surface area contributed by atoms with E-state index in [4.69, 9.17) is 22.1 Å². The Kier molecular flexibility index (Phi) is 9.65. The molecular weight excluding hydrogens is 455 g/mol. The van der Waals surface area contributed by atoms with Gasteiger partial charge in [-0.3, -0.25) is 0 Å². The van der Waals surface area contributed by atoms with E-state index in [-0.39, 0.29) is 30.1 Å². The van der Waals surface area contributed by atoms with E-state index in [1.165, 1.54) is 21.0 Å². The molecule has 0 bridgehead atoms. The normalized spacial score (nSPS) is 18.4. The minimum absolute atomic E-state index is 0. The number of fused-ring (bicyclic) bond motifs is 1. The fourth-order valence-electron chi connectivity index (χ4n) is 3.97. The Bertz CT molecular complexity index is 952. The Morgan fingerprint density at radius 1 is 1.19 bits per heavy atom. The van der Waals surface area contributed by atoms with Gasteiger partial charge in [0.15, 0.2) is 0 Å². The minimum Gasteiger partial charge on any atom is -0.492 e. The summed E-state index contributed by atoms with van der Waals surface area (Å²) in [7, 11) is -1.61. The molecule has 5 nitrogen and oxygen atoms in total. The summed E-state index contributed by atoms with van der Waals surface area (Å²) in [5, 5.41) is 0.730. The average Bonchev–Trinajstić information content (AvgIpc) is 2.71. The van der Waals surface area contributed by atoms with Crippen LogP contribution in [0.2, 0.25) is 5.02 Å². The van der Waals surface area contributed by atoms with Crippen molar-refractivity contribution >= 4 is 34.0 Å². The molecule has 1 aliphatic rings. The largest absolute Gasteiger partial charge is 0.492 e. The molecule has 0 saturated heterocycles. The molecule has 0 aromatic heterocycles. The van der Waals surface area contributed by atoms with Gasteiger partial charge in [-0.2, -0.15) is 0 Å². The standard InChI is InChI=1S/C23H31ClN2O3S.ClH/c1-3-14-30(27,28)26(2)12-13-29-20-10-6-18-7-11-23(25)22(21(18)16-20)15-17-4-8-19(24)9-5-17;/h4-6,8-10,16,22-23H,3,7,11-15,25H2,1-2H3;1H. The van der Waals surface area contributed by atoms with E-state index in [1.54, 1.807) is 7.05 Å². The Morgan fingerprint density at radius 3 is 2.58 bits per heavy atom. The molecule has 2 unspecified atom stereocenters. The van der Waals surface area contributed by atoms with Crippen molar-refractivity contribution in [2.45, 2.75) is 44.6 Å². The number of likely N-dealkylation sites (N-methyl/N-ethyl adjacent to an activating group) is 1. The predicted molar refractivity (Wildman–Crippen MR) is 130 cm³/mol. The van der Waals surface area contributed by atoms with Crippen molar-refractivity contribution in [1.29, 1.82) is 0 Å². The zero-order valence-corrected chi connectivity index (χ0v) is 20.5. The van der Waals surface area contributed by atoms with Gasteiger partial charge in [0.2, 0.25) is 10.0 Å². The molecule has 2 N–H and O–H groups in total. The number of aryl methyl sites for hydroxylation is 1. The van der Waals surface area contributed by atoms with Crippen LogP contribution >= 0.6 is 24.0 Å². The van der Waals surface area contributed by atoms with Crippen LogP contribution in [-0.2, 0) is 22.9 Å². The average molecular weight is 487 g/mol. The van der Waals surface area contributed by atoms with E-state index in [9.17, 15) is 8.42 Å². The van der Waals surface area contributed by atoms with Gasteiger partial charge in [-0.25, -0.2) is 12.7 Å². The first-order valence-corrected chi connectivity index (χ1v) is 12.5. The molecule has 0 amide bonds. The number of nitrogens with zero attached hydrogens (tertiary/aromatic N) is 1. The third-order valence-corrected chi connectivity index (χ3v) is 8.07. The van der Waals surface area contributed by atoms with Gasteiger partial charge in [0.1, 0.15) is 12.4 Å². The van der Waals surface area contributed by atoms with Gasteiger partial charge in [-0.05, 0) is 66.6 Å². The Labute approximate surface area is 197 Å². The summed E-state index contributed by atoms with van der Waals surface area (Å²) in [4.78, 5) is 0. The van der Waals surface area contributed by atoms with Crippen LogP contribution in [0.1, 0.15) is 42.4 Å². The van der Waals surface area contributed by atoms with Crippen LogP contribution in [0, 0.1) is 0 Å². The Balaban J connectivity index is 0.00000341. The molecule has 1 aliphatic carbocycles. The summed E-state index contributed by atoms with van der Waals surface area (Å²) in [6.07, 6.45) is 3.39. The molecule has 0 heterocycles. The summed E-state index contributed by atoms with van der Waals surface area (Å²) >= 11 is 6.02. The second-order valence-corrected chi connectivity index (χ2v) is 10.6. The van der Waals surface area contributed by atoms with Crippen molar-refractivity contribution in [2.24, 2.45) is 5.73 Å². The van der Waals surface area contributed by atoms with E-state index in [0.717, 1.165) is 30.0 Å². The molecule has 0 fully saturated rings. The van der Waals surface area contributed by atoms with E-state index in [1.807, 2.05) is 25.1 Å². The summed E-state index contributed by atoms with van der Waals surface area (Å²) in [5.41, 5.74) is 10.2. The quantitative estimate of drug-likeness (QED) is 0.569. The molecule has 8 heteroatoms. The SMILES string of the molecule is CCCS(=O)(=O)N(C)CCOc1ccc2c(c1)C(Cc1ccc(Cl)cc1)C(N)CC2.Cl. The summed E-state index contributed by atoms with van der Waals surface area (Å²) < 4.78 is 31.4. The van der Waals surface area contributed by atoms with Gasteiger partial charge < -0.3 is 10.5 Å². The van der Waals surface area contributed by atoms with Gasteiger partial charge in [0.05, 0.1) is 5.75 Å². The second kappa shape index (κ2) is 11.5. The second-order valence-electron chi connectivity index (χ2n) is 7.99. The van der Waals surface area contributed by atoms with Crippen molar-refractivity contribution in [3.05, 3.63) is 64.2 Å². The Hall–Kier alpha value is -1.31. The van der Waals surface area contributed by atoms with Gasteiger partial charge in [-0.15, -0.1) is 12.4 Å². The zero-order chi connectivity index (χ0) is 21.7. The van der Waals surface area contributed by atoms with E-state index in [2.05, 4.69) is 24.3 Å². The third-order valence-electron chi connectivity index (χ3n) is 5.76. The van der Waals surface area contributed by atoms with E-state index in [0.29, 0.717) is 19.6 Å². The highest BCUT2D eigenvalue weighted by atomic mass is 35.5. The smallest absolute Gasteiger partial charge is 0.213 e. The molecule has 0 spiro atoms. The van der Waals surface area contributed by atoms with Crippen molar-refractivity contribution in [3.63, 3.8) is 0 Å². The molecular formula is C23H32Cl2N2O3S. The van der Waals surface area contributed by atoms with Crippen molar-refractivity contribution in [2.75, 3.05) is 26.0 Å². The first kappa shape index (κ1) is 25.9.